The van der Waals surface area contributed by atoms with Crippen molar-refractivity contribution in [1.29, 1.82) is 0 Å². The first-order chi connectivity index (χ1) is 16.3. The molecule has 3 aliphatic heterocycles. The first-order valence-corrected chi connectivity index (χ1v) is 13.9. The molecule has 182 valence electrons. The molecule has 4 aliphatic rings. The third kappa shape index (κ3) is 3.86. The number of hydrogen-bond acceptors (Lipinski definition) is 7. The predicted octanol–water partition coefficient (Wildman–Crippen LogP) is 3.72. The monoisotopic (exact) mass is 483 g/mol. The van der Waals surface area contributed by atoms with Crippen molar-refractivity contribution >= 4 is 22.5 Å². The van der Waals surface area contributed by atoms with E-state index in [0.717, 1.165) is 82.1 Å². The standard InChI is InChI=1S/C25H33N5O3S/c1-17(2)22-27-23(28-33-22)29-10-6-24(7-11-29)15-25(16-24)13-19-12-20(26-14-21(19)32-25)18-4-8-30(9-5-18)34(3)31/h4,12,14,17H,5-11,13,15-16H2,1-3H3. The molecule has 2 aromatic rings. The minimum atomic E-state index is -0.913. The van der Waals surface area contributed by atoms with Gasteiger partial charge in [-0.3, -0.25) is 4.98 Å². The van der Waals surface area contributed by atoms with E-state index < -0.39 is 11.0 Å². The molecule has 2 spiro atoms. The van der Waals surface area contributed by atoms with Crippen molar-refractivity contribution in [3.63, 3.8) is 0 Å². The molecule has 2 fully saturated rings. The minimum absolute atomic E-state index is 0.0569. The maximum Gasteiger partial charge on any atom is 0.266 e. The summed E-state index contributed by atoms with van der Waals surface area (Å²) in [7, 11) is -0.913. The average Bonchev–Trinajstić information content (AvgIpc) is 3.44. The fourth-order valence-corrected chi connectivity index (χ4v) is 6.89. The van der Waals surface area contributed by atoms with Gasteiger partial charge >= 0.3 is 0 Å². The van der Waals surface area contributed by atoms with E-state index >= 15 is 0 Å². The lowest BCUT2D eigenvalue weighted by Gasteiger charge is -2.56. The summed E-state index contributed by atoms with van der Waals surface area (Å²) in [6.07, 6.45) is 12.2. The summed E-state index contributed by atoms with van der Waals surface area (Å²) in [5, 5.41) is 4.20. The largest absolute Gasteiger partial charge is 0.485 e. The molecule has 1 saturated carbocycles. The Morgan fingerprint density at radius 1 is 1.18 bits per heavy atom. The van der Waals surface area contributed by atoms with E-state index in [2.05, 4.69) is 41.0 Å². The van der Waals surface area contributed by atoms with Crippen LogP contribution in [-0.4, -0.2) is 61.7 Å². The summed E-state index contributed by atoms with van der Waals surface area (Å²) < 4.78 is 25.6. The van der Waals surface area contributed by atoms with Crippen molar-refractivity contribution in [3.8, 4) is 5.75 Å². The molecule has 2 aromatic heterocycles. The van der Waals surface area contributed by atoms with Gasteiger partial charge in [-0.25, -0.2) is 8.51 Å². The van der Waals surface area contributed by atoms with E-state index in [0.29, 0.717) is 11.3 Å². The maximum atomic E-state index is 11.7. The van der Waals surface area contributed by atoms with E-state index in [4.69, 9.17) is 14.2 Å². The summed E-state index contributed by atoms with van der Waals surface area (Å²) in [6.45, 7) is 7.63. The number of fused-ring (bicyclic) bond motifs is 1. The molecular formula is C25H33N5O3S. The molecule has 0 bridgehead atoms. The van der Waals surface area contributed by atoms with Crippen LogP contribution >= 0.6 is 0 Å². The topological polar surface area (TPSA) is 84.6 Å². The second kappa shape index (κ2) is 8.16. The van der Waals surface area contributed by atoms with Crippen molar-refractivity contribution in [2.75, 3.05) is 37.3 Å². The summed E-state index contributed by atoms with van der Waals surface area (Å²) in [5.41, 5.74) is 3.89. The average molecular weight is 484 g/mol. The minimum Gasteiger partial charge on any atom is -0.485 e. The Morgan fingerprint density at radius 2 is 1.97 bits per heavy atom. The van der Waals surface area contributed by atoms with Gasteiger partial charge in [-0.05, 0) is 54.3 Å². The van der Waals surface area contributed by atoms with Gasteiger partial charge in [0.1, 0.15) is 11.4 Å². The van der Waals surface area contributed by atoms with Gasteiger partial charge < -0.3 is 14.2 Å². The molecule has 6 rings (SSSR count). The molecule has 1 aliphatic carbocycles. The number of anilines is 1. The van der Waals surface area contributed by atoms with Crippen LogP contribution in [0.4, 0.5) is 5.95 Å². The van der Waals surface area contributed by atoms with Crippen LogP contribution < -0.4 is 9.64 Å². The molecule has 0 amide bonds. The molecule has 5 heterocycles. The van der Waals surface area contributed by atoms with Crippen molar-refractivity contribution in [2.24, 2.45) is 5.41 Å². The predicted molar refractivity (Wildman–Crippen MR) is 131 cm³/mol. The van der Waals surface area contributed by atoms with Crippen LogP contribution in [0.25, 0.3) is 5.57 Å². The Bertz CT molecular complexity index is 1140. The zero-order valence-corrected chi connectivity index (χ0v) is 21.1. The lowest BCUT2D eigenvalue weighted by molar-refractivity contribution is -0.106. The van der Waals surface area contributed by atoms with Crippen molar-refractivity contribution in [1.82, 2.24) is 19.4 Å². The smallest absolute Gasteiger partial charge is 0.266 e. The van der Waals surface area contributed by atoms with Gasteiger partial charge in [0.05, 0.1) is 22.9 Å². The van der Waals surface area contributed by atoms with Crippen LogP contribution in [-0.2, 0) is 17.4 Å². The summed E-state index contributed by atoms with van der Waals surface area (Å²) >= 11 is 0. The number of hydrogen-bond donors (Lipinski definition) is 0. The Hall–Kier alpha value is -2.26. The van der Waals surface area contributed by atoms with Gasteiger partial charge in [0, 0.05) is 50.3 Å². The normalized spacial score (nSPS) is 24.1. The highest BCUT2D eigenvalue weighted by atomic mass is 32.2. The summed E-state index contributed by atoms with van der Waals surface area (Å²) in [4.78, 5) is 11.6. The second-order valence-electron chi connectivity index (χ2n) is 10.9. The molecule has 1 atom stereocenters. The van der Waals surface area contributed by atoms with E-state index in [1.807, 2.05) is 10.5 Å². The highest BCUT2D eigenvalue weighted by Crippen LogP contribution is 2.60. The maximum absolute atomic E-state index is 11.7. The second-order valence-corrected chi connectivity index (χ2v) is 12.2. The fraction of sp³-hybridized carbons (Fsp3) is 0.640. The van der Waals surface area contributed by atoms with Crippen LogP contribution in [0.2, 0.25) is 0 Å². The summed E-state index contributed by atoms with van der Waals surface area (Å²) in [6, 6.07) is 2.23. The first-order valence-electron chi connectivity index (χ1n) is 12.4. The molecule has 8 nitrogen and oxygen atoms in total. The fourth-order valence-electron chi connectivity index (χ4n) is 6.26. The quantitative estimate of drug-likeness (QED) is 0.655. The van der Waals surface area contributed by atoms with Gasteiger partial charge in [-0.15, -0.1) is 0 Å². The van der Waals surface area contributed by atoms with Crippen LogP contribution in [0.1, 0.15) is 69.0 Å². The molecule has 0 N–H and O–H groups in total. The zero-order chi connectivity index (χ0) is 23.5. The van der Waals surface area contributed by atoms with Crippen molar-refractivity contribution < 1.29 is 13.5 Å². The van der Waals surface area contributed by atoms with Crippen LogP contribution in [0.5, 0.6) is 5.75 Å². The number of pyridine rings is 1. The van der Waals surface area contributed by atoms with Gasteiger partial charge in [0.15, 0.2) is 0 Å². The Morgan fingerprint density at radius 3 is 2.62 bits per heavy atom. The van der Waals surface area contributed by atoms with Crippen LogP contribution in [0.15, 0.2) is 22.9 Å². The number of rotatable bonds is 4. The van der Waals surface area contributed by atoms with E-state index in [1.54, 1.807) is 6.26 Å². The van der Waals surface area contributed by atoms with Crippen LogP contribution in [0, 0.1) is 5.41 Å². The molecule has 0 radical (unpaired) electrons. The first kappa shape index (κ1) is 22.2. The number of ether oxygens (including phenoxy) is 1. The molecule has 0 aromatic carbocycles. The summed E-state index contributed by atoms with van der Waals surface area (Å²) in [5.74, 6) is 2.66. The highest BCUT2D eigenvalue weighted by molar-refractivity contribution is 7.81. The third-order valence-corrected chi connectivity index (χ3v) is 9.14. The number of piperidine rings is 1. The zero-order valence-electron chi connectivity index (χ0n) is 20.2. The lowest BCUT2D eigenvalue weighted by Crippen LogP contribution is -2.58. The SMILES string of the molecule is CC(C)c1nc(N2CCC3(CC2)CC2(Cc4cc(C5=CCN(S(C)=O)CC5)ncc4O2)C3)no1. The molecule has 1 saturated heterocycles. The molecular weight excluding hydrogens is 450 g/mol. The van der Waals surface area contributed by atoms with Crippen LogP contribution in [0.3, 0.4) is 0 Å². The molecule has 1 unspecified atom stereocenters. The Labute approximate surface area is 203 Å². The van der Waals surface area contributed by atoms with Gasteiger partial charge in [-0.1, -0.05) is 19.9 Å². The van der Waals surface area contributed by atoms with Crippen molar-refractivity contribution in [3.05, 3.63) is 35.5 Å². The van der Waals surface area contributed by atoms with E-state index in [-0.39, 0.29) is 11.5 Å². The Balaban J connectivity index is 1.08. The molecule has 34 heavy (non-hydrogen) atoms. The Kier molecular flexibility index (Phi) is 5.33. The third-order valence-electron chi connectivity index (χ3n) is 8.08. The van der Waals surface area contributed by atoms with Gasteiger partial charge in [-0.2, -0.15) is 4.98 Å². The van der Waals surface area contributed by atoms with Gasteiger partial charge in [0.2, 0.25) is 5.89 Å². The molecule has 9 heteroatoms. The van der Waals surface area contributed by atoms with E-state index in [1.165, 1.54) is 11.1 Å². The lowest BCUT2D eigenvalue weighted by atomic mass is 9.54. The van der Waals surface area contributed by atoms with Crippen molar-refractivity contribution in [2.45, 2.75) is 63.9 Å². The van der Waals surface area contributed by atoms with E-state index in [9.17, 15) is 4.21 Å². The van der Waals surface area contributed by atoms with Gasteiger partial charge in [0.25, 0.3) is 5.95 Å². The highest BCUT2D eigenvalue weighted by Gasteiger charge is 2.59. The number of nitrogens with zero attached hydrogens (tertiary/aromatic N) is 5. The number of aromatic nitrogens is 3.